The first kappa shape index (κ1) is 20.1. The number of sulfonamides is 1. The largest absolute Gasteiger partial charge is 0.348 e. The van der Waals surface area contributed by atoms with Crippen LogP contribution in [0.1, 0.15) is 15.9 Å². The maximum absolute atomic E-state index is 12.4. The number of aromatic nitrogens is 1. The molecule has 0 saturated carbocycles. The molecular weight excluding hydrogens is 421 g/mol. The van der Waals surface area contributed by atoms with E-state index in [2.05, 4.69) is 15.0 Å². The molecule has 28 heavy (non-hydrogen) atoms. The van der Waals surface area contributed by atoms with Gasteiger partial charge < -0.3 is 5.32 Å². The first-order chi connectivity index (χ1) is 13.3. The summed E-state index contributed by atoms with van der Waals surface area (Å²) in [4.78, 5) is 16.1. The molecular formula is C19H15Cl2N3O3S. The van der Waals surface area contributed by atoms with E-state index in [1.165, 1.54) is 42.5 Å². The summed E-state index contributed by atoms with van der Waals surface area (Å²) in [5.74, 6) is -0.268. The predicted molar refractivity (Wildman–Crippen MR) is 109 cm³/mol. The van der Waals surface area contributed by atoms with Crippen molar-refractivity contribution in [1.29, 1.82) is 0 Å². The van der Waals surface area contributed by atoms with E-state index in [1.807, 2.05) is 0 Å². The Hall–Kier alpha value is -2.61. The van der Waals surface area contributed by atoms with Crippen molar-refractivity contribution in [2.45, 2.75) is 11.4 Å². The van der Waals surface area contributed by atoms with Crippen LogP contribution in [0.4, 0.5) is 5.69 Å². The van der Waals surface area contributed by atoms with Gasteiger partial charge in [0.05, 0.1) is 14.9 Å². The van der Waals surface area contributed by atoms with Crippen LogP contribution < -0.4 is 10.0 Å². The van der Waals surface area contributed by atoms with Gasteiger partial charge in [0, 0.05) is 30.2 Å². The molecule has 1 aromatic heterocycles. The van der Waals surface area contributed by atoms with E-state index >= 15 is 0 Å². The van der Waals surface area contributed by atoms with Gasteiger partial charge in [-0.2, -0.15) is 0 Å². The van der Waals surface area contributed by atoms with Gasteiger partial charge in [0.15, 0.2) is 0 Å². The topological polar surface area (TPSA) is 88.2 Å². The zero-order chi connectivity index (χ0) is 20.1. The van der Waals surface area contributed by atoms with Crippen LogP contribution >= 0.6 is 23.2 Å². The van der Waals surface area contributed by atoms with Gasteiger partial charge in [0.2, 0.25) is 0 Å². The number of rotatable bonds is 6. The van der Waals surface area contributed by atoms with Crippen molar-refractivity contribution in [3.05, 3.63) is 88.2 Å². The van der Waals surface area contributed by atoms with Crippen molar-refractivity contribution in [2.75, 3.05) is 4.72 Å². The number of nitrogens with zero attached hydrogens (tertiary/aromatic N) is 1. The summed E-state index contributed by atoms with van der Waals surface area (Å²) in [7, 11) is -3.83. The van der Waals surface area contributed by atoms with Crippen LogP contribution in [0.15, 0.2) is 71.9 Å². The van der Waals surface area contributed by atoms with Crippen LogP contribution in [0.3, 0.4) is 0 Å². The molecule has 1 heterocycles. The number of benzene rings is 2. The minimum atomic E-state index is -3.83. The molecule has 0 atom stereocenters. The van der Waals surface area contributed by atoms with Gasteiger partial charge in [-0.25, -0.2) is 8.42 Å². The zero-order valence-electron chi connectivity index (χ0n) is 14.4. The number of pyridine rings is 1. The molecule has 0 aliphatic carbocycles. The fourth-order valence-electron chi connectivity index (χ4n) is 2.33. The summed E-state index contributed by atoms with van der Waals surface area (Å²) >= 11 is 11.7. The molecule has 0 aliphatic rings. The maximum Gasteiger partial charge on any atom is 0.261 e. The van der Waals surface area contributed by atoms with Gasteiger partial charge in [0.1, 0.15) is 0 Å². The molecule has 0 saturated heterocycles. The highest BCUT2D eigenvalue weighted by Gasteiger charge is 2.16. The third kappa shape index (κ3) is 5.01. The minimum Gasteiger partial charge on any atom is -0.348 e. The maximum atomic E-state index is 12.4. The number of carbonyl (C=O) groups is 1. The summed E-state index contributed by atoms with van der Waals surface area (Å²) in [6.07, 6.45) is 3.30. The van der Waals surface area contributed by atoms with E-state index in [4.69, 9.17) is 23.2 Å². The lowest BCUT2D eigenvalue weighted by molar-refractivity contribution is 0.0951. The summed E-state index contributed by atoms with van der Waals surface area (Å²) in [5.41, 5.74) is 1.65. The van der Waals surface area contributed by atoms with Crippen molar-refractivity contribution in [3.63, 3.8) is 0 Å². The van der Waals surface area contributed by atoms with Crippen molar-refractivity contribution >= 4 is 44.8 Å². The van der Waals surface area contributed by atoms with Crippen molar-refractivity contribution in [3.8, 4) is 0 Å². The van der Waals surface area contributed by atoms with Crippen LogP contribution in [0.5, 0.6) is 0 Å². The van der Waals surface area contributed by atoms with E-state index in [-0.39, 0.29) is 20.8 Å². The van der Waals surface area contributed by atoms with Crippen LogP contribution in [-0.2, 0) is 16.6 Å². The highest BCUT2D eigenvalue weighted by molar-refractivity contribution is 7.92. The second kappa shape index (κ2) is 8.60. The Morgan fingerprint density at radius 3 is 2.25 bits per heavy atom. The molecule has 9 heteroatoms. The smallest absolute Gasteiger partial charge is 0.261 e. The Kier molecular flexibility index (Phi) is 6.18. The Morgan fingerprint density at radius 2 is 1.61 bits per heavy atom. The lowest BCUT2D eigenvalue weighted by atomic mass is 10.2. The number of hydrogen-bond acceptors (Lipinski definition) is 4. The van der Waals surface area contributed by atoms with Crippen LogP contribution in [0, 0.1) is 0 Å². The molecule has 2 N–H and O–H groups in total. The van der Waals surface area contributed by atoms with E-state index in [9.17, 15) is 13.2 Å². The molecule has 0 fully saturated rings. The quantitative estimate of drug-likeness (QED) is 0.609. The fraction of sp³-hybridized carbons (Fsp3) is 0.0526. The minimum absolute atomic E-state index is 0.0129. The van der Waals surface area contributed by atoms with E-state index in [0.29, 0.717) is 17.8 Å². The lowest BCUT2D eigenvalue weighted by Gasteiger charge is -2.10. The predicted octanol–water partition coefficient (Wildman–Crippen LogP) is 4.12. The van der Waals surface area contributed by atoms with Crippen molar-refractivity contribution < 1.29 is 13.2 Å². The van der Waals surface area contributed by atoms with Crippen molar-refractivity contribution in [2.24, 2.45) is 0 Å². The molecule has 0 unspecified atom stereocenters. The Morgan fingerprint density at radius 1 is 0.929 bits per heavy atom. The molecule has 0 radical (unpaired) electrons. The standard InChI is InChI=1S/C19H15Cl2N3O3S/c20-17-6-5-16(11-18(17)21)28(26,27)24-15-3-1-14(2-4-15)19(25)23-12-13-7-9-22-10-8-13/h1-11,24H,12H2,(H,23,25). The Labute approximate surface area is 172 Å². The number of nitrogens with one attached hydrogen (secondary N) is 2. The molecule has 144 valence electrons. The average Bonchev–Trinajstić information content (AvgIpc) is 2.69. The van der Waals surface area contributed by atoms with Crippen LogP contribution in [-0.4, -0.2) is 19.3 Å². The number of hydrogen-bond donors (Lipinski definition) is 2. The fourth-order valence-corrected chi connectivity index (χ4v) is 3.78. The highest BCUT2D eigenvalue weighted by atomic mass is 35.5. The molecule has 3 aromatic rings. The third-order valence-corrected chi connectivity index (χ3v) is 5.92. The number of carbonyl (C=O) groups excluding carboxylic acids is 1. The lowest BCUT2D eigenvalue weighted by Crippen LogP contribution is -2.22. The van der Waals surface area contributed by atoms with Gasteiger partial charge in [-0.1, -0.05) is 23.2 Å². The molecule has 6 nitrogen and oxygen atoms in total. The van der Waals surface area contributed by atoms with Gasteiger partial charge in [-0.05, 0) is 60.2 Å². The second-order valence-electron chi connectivity index (χ2n) is 5.80. The van der Waals surface area contributed by atoms with E-state index < -0.39 is 10.0 Å². The monoisotopic (exact) mass is 435 g/mol. The molecule has 0 bridgehead atoms. The summed E-state index contributed by atoms with van der Waals surface area (Å²) in [6.45, 7) is 0.368. The number of amides is 1. The van der Waals surface area contributed by atoms with E-state index in [0.717, 1.165) is 5.56 Å². The zero-order valence-corrected chi connectivity index (χ0v) is 16.7. The Bertz CT molecular complexity index is 1090. The van der Waals surface area contributed by atoms with Crippen molar-refractivity contribution in [1.82, 2.24) is 10.3 Å². The summed E-state index contributed by atoms with van der Waals surface area (Å²) in [5, 5.41) is 3.20. The molecule has 3 rings (SSSR count). The van der Waals surface area contributed by atoms with Gasteiger partial charge in [-0.3, -0.25) is 14.5 Å². The first-order valence-corrected chi connectivity index (χ1v) is 10.3. The third-order valence-electron chi connectivity index (χ3n) is 3.80. The summed E-state index contributed by atoms with van der Waals surface area (Å²) in [6, 6.07) is 13.7. The summed E-state index contributed by atoms with van der Waals surface area (Å²) < 4.78 is 27.3. The average molecular weight is 436 g/mol. The molecule has 0 spiro atoms. The number of halogens is 2. The number of anilines is 1. The van der Waals surface area contributed by atoms with Gasteiger partial charge in [-0.15, -0.1) is 0 Å². The second-order valence-corrected chi connectivity index (χ2v) is 8.29. The van der Waals surface area contributed by atoms with Gasteiger partial charge in [0.25, 0.3) is 15.9 Å². The molecule has 0 aliphatic heterocycles. The highest BCUT2D eigenvalue weighted by Crippen LogP contribution is 2.26. The first-order valence-electron chi connectivity index (χ1n) is 8.10. The van der Waals surface area contributed by atoms with Gasteiger partial charge >= 0.3 is 0 Å². The van der Waals surface area contributed by atoms with Crippen LogP contribution in [0.25, 0.3) is 0 Å². The normalized spacial score (nSPS) is 11.1. The Balaban J connectivity index is 1.66. The SMILES string of the molecule is O=C(NCc1ccncc1)c1ccc(NS(=O)(=O)c2ccc(Cl)c(Cl)c2)cc1. The molecule has 2 aromatic carbocycles. The van der Waals surface area contributed by atoms with E-state index in [1.54, 1.807) is 24.5 Å². The molecule has 1 amide bonds. The van der Waals surface area contributed by atoms with Crippen LogP contribution in [0.2, 0.25) is 10.0 Å².